The first kappa shape index (κ1) is 13.3. The van der Waals surface area contributed by atoms with E-state index < -0.39 is 37.3 Å². The Hall–Kier alpha value is -1.18. The highest BCUT2D eigenvalue weighted by Gasteiger charge is 2.43. The number of anilines is 1. The zero-order valence-corrected chi connectivity index (χ0v) is 9.68. The van der Waals surface area contributed by atoms with Gasteiger partial charge in [0.1, 0.15) is 24.4 Å². The van der Waals surface area contributed by atoms with Crippen LogP contribution in [0.4, 0.5) is 5.69 Å². The van der Waals surface area contributed by atoms with E-state index >= 15 is 0 Å². The Morgan fingerprint density at radius 1 is 1.00 bits per heavy atom. The quantitative estimate of drug-likeness (QED) is 0.470. The number of benzene rings is 1. The maximum Gasteiger partial charge on any atom is 0.157 e. The Balaban J connectivity index is 2.08. The van der Waals surface area contributed by atoms with E-state index in [2.05, 4.69) is 5.32 Å². The number of nitrogens with one attached hydrogen (secondary N) is 1. The molecule has 0 saturated carbocycles. The van der Waals surface area contributed by atoms with Crippen LogP contribution in [0.5, 0.6) is 0 Å². The molecule has 1 heterocycles. The summed E-state index contributed by atoms with van der Waals surface area (Å²) in [6.07, 6.45) is -5.76. The van der Waals surface area contributed by atoms with Crippen LogP contribution in [0.2, 0.25) is 0 Å². The van der Waals surface area contributed by atoms with Crippen molar-refractivity contribution in [1.82, 2.24) is 0 Å². The van der Waals surface area contributed by atoms with Gasteiger partial charge in [0, 0.05) is 5.69 Å². The molecule has 1 aliphatic heterocycles. The second-order valence-electron chi connectivity index (χ2n) is 4.26. The van der Waals surface area contributed by atoms with Gasteiger partial charge < -0.3 is 30.5 Å². The Labute approximate surface area is 104 Å². The summed E-state index contributed by atoms with van der Waals surface area (Å²) in [4.78, 5) is 0. The fourth-order valence-corrected chi connectivity index (χ4v) is 1.92. The summed E-state index contributed by atoms with van der Waals surface area (Å²) in [7, 11) is 0. The fraction of sp³-hybridized carbons (Fsp3) is 0.500. The van der Waals surface area contributed by atoms with Gasteiger partial charge in [-0.3, -0.25) is 0 Å². The summed E-state index contributed by atoms with van der Waals surface area (Å²) in [6.45, 7) is -0.433. The molecular weight excluding hydrogens is 238 g/mol. The van der Waals surface area contributed by atoms with Gasteiger partial charge in [0.05, 0.1) is 6.61 Å². The molecule has 1 aromatic rings. The van der Waals surface area contributed by atoms with Crippen molar-refractivity contribution in [2.45, 2.75) is 30.6 Å². The van der Waals surface area contributed by atoms with Crippen LogP contribution in [-0.2, 0) is 4.74 Å². The minimum absolute atomic E-state index is 0.433. The minimum Gasteiger partial charge on any atom is -0.394 e. The third kappa shape index (κ3) is 2.63. The van der Waals surface area contributed by atoms with Crippen molar-refractivity contribution in [2.75, 3.05) is 11.9 Å². The van der Waals surface area contributed by atoms with Crippen molar-refractivity contribution in [1.29, 1.82) is 0 Å². The van der Waals surface area contributed by atoms with E-state index in [4.69, 9.17) is 9.84 Å². The molecule has 0 radical (unpaired) electrons. The smallest absolute Gasteiger partial charge is 0.157 e. The predicted molar refractivity (Wildman–Crippen MR) is 63.8 cm³/mol. The second kappa shape index (κ2) is 5.64. The van der Waals surface area contributed by atoms with E-state index in [9.17, 15) is 15.3 Å². The van der Waals surface area contributed by atoms with Crippen molar-refractivity contribution in [2.24, 2.45) is 0 Å². The molecule has 1 aromatic carbocycles. The number of para-hydroxylation sites is 1. The van der Waals surface area contributed by atoms with Crippen molar-refractivity contribution in [3.63, 3.8) is 0 Å². The summed E-state index contributed by atoms with van der Waals surface area (Å²) in [5, 5.41) is 41.0. The molecule has 5 N–H and O–H groups in total. The molecule has 0 bridgehead atoms. The van der Waals surface area contributed by atoms with Gasteiger partial charge in [0.15, 0.2) is 6.23 Å². The van der Waals surface area contributed by atoms with E-state index in [0.717, 1.165) is 0 Å². The largest absolute Gasteiger partial charge is 0.394 e. The fourth-order valence-electron chi connectivity index (χ4n) is 1.92. The minimum atomic E-state index is -1.36. The Bertz CT molecular complexity index is 372. The molecule has 2 rings (SSSR count). The summed E-state index contributed by atoms with van der Waals surface area (Å²) in [6, 6.07) is 9.03. The number of aliphatic hydroxyl groups is 4. The SMILES string of the molecule is OCC1OC(Nc2ccccc2)C(O)C(O)C1O. The van der Waals surface area contributed by atoms with Crippen LogP contribution in [0.25, 0.3) is 0 Å². The highest BCUT2D eigenvalue weighted by atomic mass is 16.6. The number of aliphatic hydroxyl groups excluding tert-OH is 4. The molecule has 1 aliphatic rings. The van der Waals surface area contributed by atoms with Crippen LogP contribution < -0.4 is 5.32 Å². The first-order chi connectivity index (χ1) is 8.63. The van der Waals surface area contributed by atoms with E-state index in [1.807, 2.05) is 18.2 Å². The monoisotopic (exact) mass is 255 g/mol. The number of rotatable bonds is 3. The average molecular weight is 255 g/mol. The lowest BCUT2D eigenvalue weighted by molar-refractivity contribution is -0.221. The van der Waals surface area contributed by atoms with Gasteiger partial charge in [-0.15, -0.1) is 0 Å². The summed E-state index contributed by atoms with van der Waals surface area (Å²) < 4.78 is 5.31. The molecular formula is C12H17NO5. The first-order valence-electron chi connectivity index (χ1n) is 5.75. The molecule has 1 saturated heterocycles. The second-order valence-corrected chi connectivity index (χ2v) is 4.26. The molecule has 100 valence electrons. The normalized spacial score (nSPS) is 36.3. The van der Waals surface area contributed by atoms with Gasteiger partial charge in [-0.05, 0) is 12.1 Å². The third-order valence-corrected chi connectivity index (χ3v) is 2.97. The summed E-state index contributed by atoms with van der Waals surface area (Å²) >= 11 is 0. The lowest BCUT2D eigenvalue weighted by Gasteiger charge is -2.40. The van der Waals surface area contributed by atoms with Crippen molar-refractivity contribution in [3.8, 4) is 0 Å². The van der Waals surface area contributed by atoms with Crippen LogP contribution >= 0.6 is 0 Å². The van der Waals surface area contributed by atoms with E-state index in [-0.39, 0.29) is 0 Å². The van der Waals surface area contributed by atoms with E-state index in [0.29, 0.717) is 5.69 Å². The Morgan fingerprint density at radius 3 is 2.28 bits per heavy atom. The topological polar surface area (TPSA) is 102 Å². The van der Waals surface area contributed by atoms with Gasteiger partial charge in [-0.1, -0.05) is 18.2 Å². The molecule has 0 amide bonds. The van der Waals surface area contributed by atoms with E-state index in [1.54, 1.807) is 12.1 Å². The predicted octanol–water partition coefficient (Wildman–Crippen LogP) is -1.10. The molecule has 5 atom stereocenters. The standard InChI is InChI=1S/C12H17NO5/c14-6-8-9(15)10(16)11(17)12(18-8)13-7-4-2-1-3-5-7/h1-5,8-17H,6H2. The van der Waals surface area contributed by atoms with Crippen LogP contribution in [0, 0.1) is 0 Å². The average Bonchev–Trinajstić information content (AvgIpc) is 2.40. The van der Waals surface area contributed by atoms with Gasteiger partial charge in [0.2, 0.25) is 0 Å². The van der Waals surface area contributed by atoms with Gasteiger partial charge in [-0.2, -0.15) is 0 Å². The van der Waals surface area contributed by atoms with Crippen molar-refractivity contribution in [3.05, 3.63) is 30.3 Å². The summed E-state index contributed by atoms with van der Waals surface area (Å²) in [5.74, 6) is 0. The third-order valence-electron chi connectivity index (χ3n) is 2.97. The highest BCUT2D eigenvalue weighted by molar-refractivity contribution is 5.43. The van der Waals surface area contributed by atoms with Gasteiger partial charge in [0.25, 0.3) is 0 Å². The van der Waals surface area contributed by atoms with Crippen LogP contribution in [0.15, 0.2) is 30.3 Å². The first-order valence-corrected chi connectivity index (χ1v) is 5.75. The number of ether oxygens (including phenoxy) is 1. The van der Waals surface area contributed by atoms with Crippen molar-refractivity contribution >= 4 is 5.69 Å². The van der Waals surface area contributed by atoms with Gasteiger partial charge in [-0.25, -0.2) is 0 Å². The molecule has 6 nitrogen and oxygen atoms in total. The molecule has 1 fully saturated rings. The number of hydrogen-bond donors (Lipinski definition) is 5. The van der Waals surface area contributed by atoms with Gasteiger partial charge >= 0.3 is 0 Å². The van der Waals surface area contributed by atoms with Crippen LogP contribution in [-0.4, -0.2) is 57.7 Å². The van der Waals surface area contributed by atoms with Crippen LogP contribution in [0.1, 0.15) is 0 Å². The van der Waals surface area contributed by atoms with Crippen LogP contribution in [0.3, 0.4) is 0 Å². The maximum absolute atomic E-state index is 9.80. The highest BCUT2D eigenvalue weighted by Crippen LogP contribution is 2.22. The molecule has 6 heteroatoms. The Morgan fingerprint density at radius 2 is 1.67 bits per heavy atom. The molecule has 5 unspecified atom stereocenters. The zero-order valence-electron chi connectivity index (χ0n) is 9.68. The summed E-state index contributed by atoms with van der Waals surface area (Å²) in [5.41, 5.74) is 0.710. The maximum atomic E-state index is 9.80. The molecule has 0 spiro atoms. The molecule has 0 aromatic heterocycles. The van der Waals surface area contributed by atoms with Crippen molar-refractivity contribution < 1.29 is 25.2 Å². The Kier molecular flexibility index (Phi) is 4.15. The lowest BCUT2D eigenvalue weighted by atomic mass is 9.98. The zero-order chi connectivity index (χ0) is 13.1. The molecule has 0 aliphatic carbocycles. The lowest BCUT2D eigenvalue weighted by Crippen LogP contribution is -2.60. The number of hydrogen-bond acceptors (Lipinski definition) is 6. The van der Waals surface area contributed by atoms with E-state index in [1.165, 1.54) is 0 Å². The molecule has 18 heavy (non-hydrogen) atoms.